The highest BCUT2D eigenvalue weighted by Crippen LogP contribution is 1.95. The SMILES string of the molecule is CC(O)Cn1ccc(C(=O)O)cc1=O. The van der Waals surface area contributed by atoms with Crippen LogP contribution in [0.5, 0.6) is 0 Å². The molecule has 0 aliphatic heterocycles. The van der Waals surface area contributed by atoms with Crippen molar-refractivity contribution in [1.82, 2.24) is 4.57 Å². The minimum Gasteiger partial charge on any atom is -0.478 e. The van der Waals surface area contributed by atoms with Gasteiger partial charge in [-0.1, -0.05) is 0 Å². The van der Waals surface area contributed by atoms with Crippen LogP contribution in [-0.4, -0.2) is 26.9 Å². The molecule has 0 aromatic carbocycles. The van der Waals surface area contributed by atoms with E-state index in [9.17, 15) is 9.59 Å². The van der Waals surface area contributed by atoms with E-state index in [1.807, 2.05) is 0 Å². The Morgan fingerprint density at radius 3 is 2.71 bits per heavy atom. The Hall–Kier alpha value is -1.62. The first kappa shape index (κ1) is 10.5. The molecule has 0 fully saturated rings. The van der Waals surface area contributed by atoms with Crippen molar-refractivity contribution in [2.45, 2.75) is 19.6 Å². The Kier molecular flexibility index (Phi) is 3.03. The highest BCUT2D eigenvalue weighted by molar-refractivity contribution is 5.87. The summed E-state index contributed by atoms with van der Waals surface area (Å²) in [7, 11) is 0. The minimum absolute atomic E-state index is 0.0446. The number of nitrogens with zero attached hydrogens (tertiary/aromatic N) is 1. The van der Waals surface area contributed by atoms with Crippen molar-refractivity contribution in [1.29, 1.82) is 0 Å². The number of aliphatic hydroxyl groups excluding tert-OH is 1. The minimum atomic E-state index is -1.13. The van der Waals surface area contributed by atoms with Gasteiger partial charge in [-0.25, -0.2) is 4.79 Å². The van der Waals surface area contributed by atoms with Crippen molar-refractivity contribution in [3.63, 3.8) is 0 Å². The molecule has 1 aromatic heterocycles. The van der Waals surface area contributed by atoms with Gasteiger partial charge in [0.15, 0.2) is 0 Å². The topological polar surface area (TPSA) is 79.5 Å². The predicted molar refractivity (Wildman–Crippen MR) is 49.3 cm³/mol. The third-order valence-corrected chi connectivity index (χ3v) is 1.70. The highest BCUT2D eigenvalue weighted by atomic mass is 16.4. The van der Waals surface area contributed by atoms with Crippen molar-refractivity contribution < 1.29 is 15.0 Å². The zero-order chi connectivity index (χ0) is 10.7. The van der Waals surface area contributed by atoms with Crippen molar-refractivity contribution in [2.24, 2.45) is 0 Å². The molecule has 14 heavy (non-hydrogen) atoms. The first-order valence-electron chi connectivity index (χ1n) is 4.12. The first-order chi connectivity index (χ1) is 6.50. The van der Waals surface area contributed by atoms with Gasteiger partial charge in [-0.05, 0) is 13.0 Å². The molecular formula is C9H11NO4. The average molecular weight is 197 g/mol. The molecule has 0 aliphatic rings. The molecule has 0 bridgehead atoms. The van der Waals surface area contributed by atoms with E-state index < -0.39 is 17.6 Å². The molecule has 1 aromatic rings. The molecule has 76 valence electrons. The number of carboxylic acid groups (broad SMARTS) is 1. The summed E-state index contributed by atoms with van der Waals surface area (Å²) in [6.45, 7) is 1.72. The molecule has 1 atom stereocenters. The second-order valence-corrected chi connectivity index (χ2v) is 3.06. The monoisotopic (exact) mass is 197 g/mol. The van der Waals surface area contributed by atoms with E-state index in [1.54, 1.807) is 6.92 Å². The number of hydrogen-bond donors (Lipinski definition) is 2. The smallest absolute Gasteiger partial charge is 0.335 e. The van der Waals surface area contributed by atoms with Crippen LogP contribution in [0.2, 0.25) is 0 Å². The molecule has 0 radical (unpaired) electrons. The molecule has 0 amide bonds. The second-order valence-electron chi connectivity index (χ2n) is 3.06. The third-order valence-electron chi connectivity index (χ3n) is 1.70. The molecule has 1 rings (SSSR count). The molecule has 5 heteroatoms. The standard InChI is InChI=1S/C9H11NO4/c1-6(11)5-10-3-2-7(9(13)14)4-8(10)12/h2-4,6,11H,5H2,1H3,(H,13,14). The van der Waals surface area contributed by atoms with Gasteiger partial charge in [0, 0.05) is 12.3 Å². The number of aliphatic hydroxyl groups is 1. The maximum atomic E-state index is 11.3. The lowest BCUT2D eigenvalue weighted by Gasteiger charge is -2.07. The fraction of sp³-hybridized carbons (Fsp3) is 0.333. The lowest BCUT2D eigenvalue weighted by molar-refractivity contribution is 0.0696. The highest BCUT2D eigenvalue weighted by Gasteiger charge is 2.05. The van der Waals surface area contributed by atoms with Crippen LogP contribution in [0.3, 0.4) is 0 Å². The van der Waals surface area contributed by atoms with Crippen LogP contribution in [0.1, 0.15) is 17.3 Å². The molecule has 5 nitrogen and oxygen atoms in total. The van der Waals surface area contributed by atoms with Crippen LogP contribution in [0, 0.1) is 0 Å². The summed E-state index contributed by atoms with van der Waals surface area (Å²) in [5, 5.41) is 17.6. The van der Waals surface area contributed by atoms with Crippen LogP contribution in [0.25, 0.3) is 0 Å². The van der Waals surface area contributed by atoms with Gasteiger partial charge in [0.1, 0.15) is 0 Å². The van der Waals surface area contributed by atoms with Gasteiger partial charge in [0.25, 0.3) is 5.56 Å². The fourth-order valence-electron chi connectivity index (χ4n) is 1.08. The number of pyridine rings is 1. The number of aromatic nitrogens is 1. The molecule has 0 spiro atoms. The molecule has 0 saturated carbocycles. The van der Waals surface area contributed by atoms with E-state index in [2.05, 4.69) is 0 Å². The molecule has 1 heterocycles. The molecule has 2 N–H and O–H groups in total. The quantitative estimate of drug-likeness (QED) is 0.710. The van der Waals surface area contributed by atoms with Crippen molar-refractivity contribution in [3.05, 3.63) is 34.2 Å². The predicted octanol–water partition coefficient (Wildman–Crippen LogP) is -0.0727. The van der Waals surface area contributed by atoms with Gasteiger partial charge in [0.05, 0.1) is 18.2 Å². The molecular weight excluding hydrogens is 186 g/mol. The lowest BCUT2D eigenvalue weighted by atomic mass is 10.2. The third kappa shape index (κ3) is 2.43. The van der Waals surface area contributed by atoms with Gasteiger partial charge in [-0.15, -0.1) is 0 Å². The van der Waals surface area contributed by atoms with Crippen molar-refractivity contribution >= 4 is 5.97 Å². The number of hydrogen-bond acceptors (Lipinski definition) is 3. The van der Waals surface area contributed by atoms with Gasteiger partial charge in [-0.3, -0.25) is 4.79 Å². The first-order valence-corrected chi connectivity index (χ1v) is 4.12. The van der Waals surface area contributed by atoms with Gasteiger partial charge >= 0.3 is 5.97 Å². The zero-order valence-corrected chi connectivity index (χ0v) is 7.67. The van der Waals surface area contributed by atoms with E-state index in [1.165, 1.54) is 16.8 Å². The summed E-state index contributed by atoms with van der Waals surface area (Å²) in [5.41, 5.74) is -0.470. The van der Waals surface area contributed by atoms with Crippen LogP contribution in [0.15, 0.2) is 23.1 Å². The molecule has 0 aliphatic carbocycles. The van der Waals surface area contributed by atoms with Crippen LogP contribution in [-0.2, 0) is 6.54 Å². The van der Waals surface area contributed by atoms with E-state index in [4.69, 9.17) is 10.2 Å². The Morgan fingerprint density at radius 1 is 1.64 bits per heavy atom. The van der Waals surface area contributed by atoms with E-state index in [-0.39, 0.29) is 12.1 Å². The average Bonchev–Trinajstić information content (AvgIpc) is 2.07. The second kappa shape index (κ2) is 4.06. The Bertz CT molecular complexity index is 394. The van der Waals surface area contributed by atoms with Gasteiger partial charge in [0.2, 0.25) is 0 Å². The lowest BCUT2D eigenvalue weighted by Crippen LogP contribution is -2.25. The Balaban J connectivity index is 3.02. The fourth-order valence-corrected chi connectivity index (χ4v) is 1.08. The molecule has 1 unspecified atom stereocenters. The number of rotatable bonds is 3. The maximum Gasteiger partial charge on any atom is 0.335 e. The number of aromatic carboxylic acids is 1. The van der Waals surface area contributed by atoms with Crippen LogP contribution < -0.4 is 5.56 Å². The van der Waals surface area contributed by atoms with Crippen molar-refractivity contribution in [2.75, 3.05) is 0 Å². The van der Waals surface area contributed by atoms with Crippen molar-refractivity contribution in [3.8, 4) is 0 Å². The van der Waals surface area contributed by atoms with Crippen LogP contribution in [0.4, 0.5) is 0 Å². The summed E-state index contributed by atoms with van der Waals surface area (Å²) in [5.74, 6) is -1.13. The summed E-state index contributed by atoms with van der Waals surface area (Å²) in [6.07, 6.45) is 0.724. The number of carbonyl (C=O) groups is 1. The van der Waals surface area contributed by atoms with Gasteiger partial charge in [-0.2, -0.15) is 0 Å². The maximum absolute atomic E-state index is 11.3. The summed E-state index contributed by atoms with van der Waals surface area (Å²) < 4.78 is 1.26. The summed E-state index contributed by atoms with van der Waals surface area (Å²) in [6, 6.07) is 2.36. The van der Waals surface area contributed by atoms with Crippen LogP contribution >= 0.6 is 0 Å². The summed E-state index contributed by atoms with van der Waals surface area (Å²) >= 11 is 0. The molecule has 0 saturated heterocycles. The summed E-state index contributed by atoms with van der Waals surface area (Å²) in [4.78, 5) is 21.8. The number of carboxylic acids is 1. The van der Waals surface area contributed by atoms with E-state index in [0.717, 1.165) is 6.07 Å². The van der Waals surface area contributed by atoms with E-state index >= 15 is 0 Å². The Morgan fingerprint density at radius 2 is 2.29 bits per heavy atom. The van der Waals surface area contributed by atoms with Gasteiger partial charge < -0.3 is 14.8 Å². The zero-order valence-electron chi connectivity index (χ0n) is 7.67. The normalized spacial score (nSPS) is 12.4. The largest absolute Gasteiger partial charge is 0.478 e. The Labute approximate surface area is 80.2 Å². The van der Waals surface area contributed by atoms with E-state index in [0.29, 0.717) is 0 Å².